The summed E-state index contributed by atoms with van der Waals surface area (Å²) in [5.41, 5.74) is 3.27. The number of halogens is 2. The summed E-state index contributed by atoms with van der Waals surface area (Å²) < 4.78 is 11.4. The lowest BCUT2D eigenvalue weighted by atomic mass is 9.86. The van der Waals surface area contributed by atoms with Gasteiger partial charge in [0.1, 0.15) is 5.58 Å². The van der Waals surface area contributed by atoms with Gasteiger partial charge < -0.3 is 23.9 Å². The maximum absolute atomic E-state index is 13.6. The first kappa shape index (κ1) is 22.5. The molecule has 2 aliphatic rings. The number of aromatic amines is 1. The van der Waals surface area contributed by atoms with E-state index in [0.717, 1.165) is 35.3 Å². The van der Waals surface area contributed by atoms with E-state index in [-0.39, 0.29) is 30.0 Å². The number of rotatable bonds is 5. The van der Waals surface area contributed by atoms with Crippen LogP contribution in [0.15, 0.2) is 27.6 Å². The first-order valence-electron chi connectivity index (χ1n) is 10.9. The summed E-state index contributed by atoms with van der Waals surface area (Å²) in [4.78, 5) is 33.0. The standard InChI is InChI=1S/C24H25Cl2N3O4/c1-12-14-5-7-33-22(14)17(23(30)27-12)11-29-6-4-15-18(25)8-16(20(26)19(15)24(29)31)21(32-3)13-9-28(2)10-13/h5,7-8,13,21H,4,6,9-11H2,1-3H3,(H,27,30). The zero-order chi connectivity index (χ0) is 23.4. The molecule has 1 atom stereocenters. The van der Waals surface area contributed by atoms with E-state index >= 15 is 0 Å². The van der Waals surface area contributed by atoms with Crippen LogP contribution in [-0.4, -0.2) is 54.5 Å². The number of aromatic nitrogens is 1. The number of pyridine rings is 1. The van der Waals surface area contributed by atoms with Gasteiger partial charge in [0.15, 0.2) is 0 Å². The van der Waals surface area contributed by atoms with Gasteiger partial charge >= 0.3 is 0 Å². The molecule has 7 nitrogen and oxygen atoms in total. The van der Waals surface area contributed by atoms with Crippen molar-refractivity contribution in [3.05, 3.63) is 66.7 Å². The van der Waals surface area contributed by atoms with E-state index in [2.05, 4.69) is 16.9 Å². The molecule has 4 heterocycles. The van der Waals surface area contributed by atoms with Crippen LogP contribution in [0.1, 0.15) is 38.8 Å². The van der Waals surface area contributed by atoms with E-state index in [4.69, 9.17) is 32.4 Å². The molecule has 0 saturated carbocycles. The van der Waals surface area contributed by atoms with Crippen molar-refractivity contribution in [1.82, 2.24) is 14.8 Å². The van der Waals surface area contributed by atoms with Crippen molar-refractivity contribution in [2.75, 3.05) is 33.8 Å². The third-order valence-corrected chi connectivity index (χ3v) is 7.57. The zero-order valence-electron chi connectivity index (χ0n) is 18.7. The highest BCUT2D eigenvalue weighted by Gasteiger charge is 2.37. The van der Waals surface area contributed by atoms with Gasteiger partial charge in [0.2, 0.25) is 0 Å². The molecular formula is C24H25Cl2N3O4. The van der Waals surface area contributed by atoms with Crippen molar-refractivity contribution >= 4 is 40.1 Å². The highest BCUT2D eigenvalue weighted by atomic mass is 35.5. The Labute approximate surface area is 201 Å². The van der Waals surface area contributed by atoms with E-state index in [1.165, 1.54) is 0 Å². The van der Waals surface area contributed by atoms with Gasteiger partial charge in [0.05, 0.1) is 35.1 Å². The number of carbonyl (C=O) groups excluding carboxylic acids is 1. The van der Waals surface area contributed by atoms with Crippen LogP contribution in [0.5, 0.6) is 0 Å². The number of likely N-dealkylation sites (tertiary alicyclic amines) is 1. The molecule has 33 heavy (non-hydrogen) atoms. The molecule has 1 saturated heterocycles. The summed E-state index contributed by atoms with van der Waals surface area (Å²) in [5, 5.41) is 1.73. The number of benzene rings is 1. The summed E-state index contributed by atoms with van der Waals surface area (Å²) in [6.07, 6.45) is 1.85. The second-order valence-corrected chi connectivity index (χ2v) is 9.74. The Morgan fingerprint density at radius 2 is 2.06 bits per heavy atom. The van der Waals surface area contributed by atoms with Crippen LogP contribution in [0.3, 0.4) is 0 Å². The van der Waals surface area contributed by atoms with Crippen molar-refractivity contribution in [1.29, 1.82) is 0 Å². The molecule has 1 fully saturated rings. The smallest absolute Gasteiger partial charge is 0.256 e. The molecule has 1 amide bonds. The third-order valence-electron chi connectivity index (χ3n) is 6.83. The number of carbonyl (C=O) groups is 1. The van der Waals surface area contributed by atoms with Gasteiger partial charge in [-0.2, -0.15) is 0 Å². The second kappa shape index (κ2) is 8.47. The van der Waals surface area contributed by atoms with Gasteiger partial charge in [-0.05, 0) is 38.1 Å². The summed E-state index contributed by atoms with van der Waals surface area (Å²) in [5.74, 6) is 0.0324. The average Bonchev–Trinajstić information content (AvgIpc) is 3.25. The minimum Gasteiger partial charge on any atom is -0.464 e. The number of hydrogen-bond donors (Lipinski definition) is 1. The maximum Gasteiger partial charge on any atom is 0.256 e. The number of hydrogen-bond acceptors (Lipinski definition) is 5. The van der Waals surface area contributed by atoms with Gasteiger partial charge in [-0.1, -0.05) is 23.2 Å². The second-order valence-electron chi connectivity index (χ2n) is 8.95. The monoisotopic (exact) mass is 489 g/mol. The summed E-state index contributed by atoms with van der Waals surface area (Å²) in [7, 11) is 3.70. The number of nitrogens with one attached hydrogen (secondary N) is 1. The number of methoxy groups -OCH3 is 1. The zero-order valence-corrected chi connectivity index (χ0v) is 20.2. The molecule has 1 unspecified atom stereocenters. The number of H-pyrrole nitrogens is 1. The largest absolute Gasteiger partial charge is 0.464 e. The Kier molecular flexibility index (Phi) is 5.77. The molecule has 174 valence electrons. The van der Waals surface area contributed by atoms with Crippen molar-refractivity contribution in [3.63, 3.8) is 0 Å². The number of furan rings is 1. The molecule has 2 aromatic heterocycles. The van der Waals surface area contributed by atoms with Crippen molar-refractivity contribution in [2.24, 2.45) is 5.92 Å². The Balaban J connectivity index is 1.52. The van der Waals surface area contributed by atoms with E-state index in [1.807, 2.05) is 19.1 Å². The molecular weight excluding hydrogens is 465 g/mol. The fourth-order valence-corrected chi connectivity index (χ4v) is 5.78. The van der Waals surface area contributed by atoms with Crippen molar-refractivity contribution in [2.45, 2.75) is 26.0 Å². The van der Waals surface area contributed by atoms with Crippen LogP contribution >= 0.6 is 23.2 Å². The van der Waals surface area contributed by atoms with Gasteiger partial charge in [0, 0.05) is 54.3 Å². The molecule has 2 aliphatic heterocycles. The fourth-order valence-electron chi connectivity index (χ4n) is 5.12. The molecule has 1 N–H and O–H groups in total. The lowest BCUT2D eigenvalue weighted by molar-refractivity contribution is -0.0197. The minimum absolute atomic E-state index is 0.122. The summed E-state index contributed by atoms with van der Waals surface area (Å²) >= 11 is 13.5. The average molecular weight is 490 g/mol. The van der Waals surface area contributed by atoms with Crippen molar-refractivity contribution < 1.29 is 13.9 Å². The third kappa shape index (κ3) is 3.67. The van der Waals surface area contributed by atoms with Crippen LogP contribution in [0.4, 0.5) is 0 Å². The summed E-state index contributed by atoms with van der Waals surface area (Å²) in [6, 6.07) is 3.65. The Bertz CT molecular complexity index is 1310. The predicted octanol–water partition coefficient (Wildman–Crippen LogP) is 4.18. The number of amides is 1. The number of aryl methyl sites for hydroxylation is 1. The molecule has 1 aromatic carbocycles. The number of fused-ring (bicyclic) bond motifs is 2. The Morgan fingerprint density at radius 1 is 1.30 bits per heavy atom. The van der Waals surface area contributed by atoms with Gasteiger partial charge in [-0.25, -0.2) is 0 Å². The van der Waals surface area contributed by atoms with Gasteiger partial charge in [-0.15, -0.1) is 0 Å². The Morgan fingerprint density at radius 3 is 2.76 bits per heavy atom. The molecule has 0 radical (unpaired) electrons. The van der Waals surface area contributed by atoms with Crippen molar-refractivity contribution in [3.8, 4) is 0 Å². The van der Waals surface area contributed by atoms with Crippen LogP contribution in [0.2, 0.25) is 10.0 Å². The fraction of sp³-hybridized carbons (Fsp3) is 0.417. The highest BCUT2D eigenvalue weighted by molar-refractivity contribution is 6.37. The number of nitrogens with zero attached hydrogens (tertiary/aromatic N) is 2. The lowest BCUT2D eigenvalue weighted by Crippen LogP contribution is -2.47. The van der Waals surface area contributed by atoms with Crippen LogP contribution in [-0.2, 0) is 17.7 Å². The first-order chi connectivity index (χ1) is 15.8. The molecule has 0 spiro atoms. The lowest BCUT2D eigenvalue weighted by Gasteiger charge is -2.41. The number of ether oxygens (including phenoxy) is 1. The predicted molar refractivity (Wildman–Crippen MR) is 127 cm³/mol. The van der Waals surface area contributed by atoms with E-state index in [1.54, 1.807) is 18.3 Å². The molecule has 5 rings (SSSR count). The topological polar surface area (TPSA) is 78.8 Å². The molecule has 0 aliphatic carbocycles. The Hall–Kier alpha value is -2.32. The minimum atomic E-state index is -0.264. The van der Waals surface area contributed by atoms with Crippen LogP contribution in [0, 0.1) is 12.8 Å². The van der Waals surface area contributed by atoms with E-state index in [0.29, 0.717) is 39.7 Å². The van der Waals surface area contributed by atoms with Crippen LogP contribution in [0.25, 0.3) is 11.0 Å². The van der Waals surface area contributed by atoms with E-state index in [9.17, 15) is 9.59 Å². The maximum atomic E-state index is 13.6. The molecule has 9 heteroatoms. The van der Waals surface area contributed by atoms with E-state index < -0.39 is 0 Å². The van der Waals surface area contributed by atoms with Gasteiger partial charge in [-0.3, -0.25) is 9.59 Å². The SMILES string of the molecule is COC(c1cc(Cl)c2c(c1Cl)C(=O)N(Cc1c(=O)[nH]c(C)c3ccoc13)CC2)C1CN(C)C1. The molecule has 3 aromatic rings. The van der Waals surface area contributed by atoms with Crippen LogP contribution < -0.4 is 5.56 Å². The molecule has 0 bridgehead atoms. The highest BCUT2D eigenvalue weighted by Crippen LogP contribution is 2.42. The van der Waals surface area contributed by atoms with Gasteiger partial charge in [0.25, 0.3) is 11.5 Å². The summed E-state index contributed by atoms with van der Waals surface area (Å²) in [6.45, 7) is 4.15. The quantitative estimate of drug-likeness (QED) is 0.581. The first-order valence-corrected chi connectivity index (χ1v) is 11.7. The normalized spacial score (nSPS) is 18.0.